The molecule has 4 rings (SSSR count). The third-order valence-corrected chi connectivity index (χ3v) is 5.78. The summed E-state index contributed by atoms with van der Waals surface area (Å²) in [6.07, 6.45) is 2.23. The van der Waals surface area contributed by atoms with Gasteiger partial charge in [-0.2, -0.15) is 0 Å². The molecule has 0 spiro atoms. The van der Waals surface area contributed by atoms with E-state index < -0.39 is 0 Å². The van der Waals surface area contributed by atoms with Crippen molar-refractivity contribution in [2.24, 2.45) is 0 Å². The molecule has 2 heterocycles. The number of rotatable bonds is 4. The van der Waals surface area contributed by atoms with Crippen molar-refractivity contribution in [3.8, 4) is 0 Å². The number of nitrogens with zero attached hydrogens (tertiary/aromatic N) is 2. The summed E-state index contributed by atoms with van der Waals surface area (Å²) >= 11 is 0. The molecular weight excluding hydrogens is 346 g/mol. The first-order chi connectivity index (χ1) is 13.5. The van der Waals surface area contributed by atoms with E-state index in [2.05, 4.69) is 44.3 Å². The molecule has 0 bridgehead atoms. The van der Waals surface area contributed by atoms with E-state index in [-0.39, 0.29) is 5.91 Å². The van der Waals surface area contributed by atoms with Crippen molar-refractivity contribution in [2.75, 3.05) is 18.4 Å². The van der Waals surface area contributed by atoms with Crippen LogP contribution in [0.25, 0.3) is 10.9 Å². The maximum Gasteiger partial charge on any atom is 0.253 e. The smallest absolute Gasteiger partial charge is 0.253 e. The molecule has 3 aromatic rings. The van der Waals surface area contributed by atoms with Crippen LogP contribution in [0.3, 0.4) is 0 Å². The van der Waals surface area contributed by atoms with Crippen molar-refractivity contribution in [2.45, 2.75) is 40.2 Å². The molecule has 4 nitrogen and oxygen atoms in total. The molecular formula is C24H27N3O. The summed E-state index contributed by atoms with van der Waals surface area (Å²) in [5.41, 5.74) is 6.69. The zero-order valence-electron chi connectivity index (χ0n) is 16.9. The quantitative estimate of drug-likeness (QED) is 0.699. The zero-order chi connectivity index (χ0) is 19.7. The maximum absolute atomic E-state index is 12.5. The Hall–Kier alpha value is -2.88. The number of nitrogens with one attached hydrogen (secondary N) is 1. The van der Waals surface area contributed by atoms with Gasteiger partial charge in [0.1, 0.15) is 5.82 Å². The number of likely N-dealkylation sites (tertiary alicyclic amines) is 1. The summed E-state index contributed by atoms with van der Waals surface area (Å²) in [6, 6.07) is 14.3. The topological polar surface area (TPSA) is 45.2 Å². The number of aromatic nitrogens is 1. The van der Waals surface area contributed by atoms with Crippen LogP contribution in [0, 0.1) is 20.8 Å². The van der Waals surface area contributed by atoms with E-state index in [1.54, 1.807) is 0 Å². The summed E-state index contributed by atoms with van der Waals surface area (Å²) in [5, 5.41) is 4.64. The summed E-state index contributed by atoms with van der Waals surface area (Å²) in [7, 11) is 0. The highest BCUT2D eigenvalue weighted by atomic mass is 16.2. The Morgan fingerprint density at radius 2 is 1.71 bits per heavy atom. The molecule has 1 fully saturated rings. The lowest BCUT2D eigenvalue weighted by atomic mass is 10.0. The van der Waals surface area contributed by atoms with E-state index in [9.17, 15) is 4.79 Å². The van der Waals surface area contributed by atoms with Crippen molar-refractivity contribution in [1.82, 2.24) is 9.88 Å². The van der Waals surface area contributed by atoms with Crippen LogP contribution < -0.4 is 5.32 Å². The number of fused-ring (bicyclic) bond motifs is 1. The number of benzene rings is 2. The second kappa shape index (κ2) is 7.63. The van der Waals surface area contributed by atoms with Crippen LogP contribution in [0.4, 0.5) is 5.82 Å². The first-order valence-electron chi connectivity index (χ1n) is 10.0. The van der Waals surface area contributed by atoms with E-state index in [0.29, 0.717) is 6.54 Å². The highest BCUT2D eigenvalue weighted by Gasteiger charge is 2.19. The lowest BCUT2D eigenvalue weighted by Gasteiger charge is -2.15. The van der Waals surface area contributed by atoms with E-state index in [1.165, 1.54) is 22.1 Å². The number of anilines is 1. The summed E-state index contributed by atoms with van der Waals surface area (Å²) in [6.45, 7) is 8.83. The van der Waals surface area contributed by atoms with Crippen molar-refractivity contribution >= 4 is 22.6 Å². The maximum atomic E-state index is 12.5. The third kappa shape index (κ3) is 3.59. The molecule has 0 unspecified atom stereocenters. The molecule has 2 aromatic carbocycles. The van der Waals surface area contributed by atoms with Crippen LogP contribution in [-0.4, -0.2) is 28.9 Å². The highest BCUT2D eigenvalue weighted by Crippen LogP contribution is 2.25. The Bertz CT molecular complexity index is 1020. The second-order valence-corrected chi connectivity index (χ2v) is 7.78. The molecule has 1 N–H and O–H groups in total. The van der Waals surface area contributed by atoms with Crippen LogP contribution in [0.2, 0.25) is 0 Å². The molecule has 28 heavy (non-hydrogen) atoms. The average molecular weight is 374 g/mol. The van der Waals surface area contributed by atoms with Crippen molar-refractivity contribution < 1.29 is 4.79 Å². The lowest BCUT2D eigenvalue weighted by molar-refractivity contribution is 0.0793. The minimum absolute atomic E-state index is 0.148. The summed E-state index contributed by atoms with van der Waals surface area (Å²) in [4.78, 5) is 19.2. The number of aryl methyl sites for hydroxylation is 3. The fraction of sp³-hybridized carbons (Fsp3) is 0.333. The van der Waals surface area contributed by atoms with Crippen LogP contribution >= 0.6 is 0 Å². The van der Waals surface area contributed by atoms with Crippen LogP contribution in [0.1, 0.15) is 45.5 Å². The van der Waals surface area contributed by atoms with Crippen molar-refractivity contribution in [3.05, 3.63) is 70.3 Å². The molecule has 0 radical (unpaired) electrons. The van der Waals surface area contributed by atoms with Gasteiger partial charge in [-0.15, -0.1) is 0 Å². The Morgan fingerprint density at radius 1 is 1.00 bits per heavy atom. The molecule has 1 aliphatic rings. The number of carbonyl (C=O) groups excluding carboxylic acids is 1. The van der Waals surface area contributed by atoms with Crippen molar-refractivity contribution in [1.29, 1.82) is 0 Å². The van der Waals surface area contributed by atoms with Gasteiger partial charge in [-0.05, 0) is 74.1 Å². The monoisotopic (exact) mass is 373 g/mol. The van der Waals surface area contributed by atoms with Gasteiger partial charge in [0.15, 0.2) is 0 Å². The van der Waals surface area contributed by atoms with E-state index >= 15 is 0 Å². The zero-order valence-corrected chi connectivity index (χ0v) is 16.9. The Morgan fingerprint density at radius 3 is 2.43 bits per heavy atom. The highest BCUT2D eigenvalue weighted by molar-refractivity contribution is 5.94. The van der Waals surface area contributed by atoms with Crippen LogP contribution in [0.15, 0.2) is 42.5 Å². The van der Waals surface area contributed by atoms with Crippen LogP contribution in [0.5, 0.6) is 0 Å². The molecule has 4 heteroatoms. The van der Waals surface area contributed by atoms with Crippen molar-refractivity contribution in [3.63, 3.8) is 0 Å². The fourth-order valence-corrected chi connectivity index (χ4v) is 3.85. The Balaban J connectivity index is 1.48. The molecule has 1 aliphatic heterocycles. The number of amides is 1. The van der Waals surface area contributed by atoms with Gasteiger partial charge in [0, 0.05) is 30.6 Å². The summed E-state index contributed by atoms with van der Waals surface area (Å²) in [5.74, 6) is 1.03. The minimum Gasteiger partial charge on any atom is -0.366 e. The minimum atomic E-state index is 0.148. The molecule has 1 saturated heterocycles. The van der Waals surface area contributed by atoms with E-state index in [0.717, 1.165) is 48.4 Å². The Labute approximate surface area is 166 Å². The van der Waals surface area contributed by atoms with Gasteiger partial charge < -0.3 is 10.2 Å². The fourth-order valence-electron chi connectivity index (χ4n) is 3.85. The van der Waals surface area contributed by atoms with Gasteiger partial charge in [-0.1, -0.05) is 24.3 Å². The normalized spacial score (nSPS) is 13.9. The first-order valence-corrected chi connectivity index (χ1v) is 10.0. The molecule has 144 valence electrons. The van der Waals surface area contributed by atoms with Gasteiger partial charge in [0.05, 0.1) is 5.52 Å². The Kier molecular flexibility index (Phi) is 5.03. The van der Waals surface area contributed by atoms with Gasteiger partial charge >= 0.3 is 0 Å². The largest absolute Gasteiger partial charge is 0.366 e. The number of hydrogen-bond acceptors (Lipinski definition) is 3. The van der Waals surface area contributed by atoms with Crippen LogP contribution in [-0.2, 0) is 6.54 Å². The van der Waals surface area contributed by atoms with Gasteiger partial charge in [-0.25, -0.2) is 4.98 Å². The summed E-state index contributed by atoms with van der Waals surface area (Å²) < 4.78 is 0. The average Bonchev–Trinajstić information content (AvgIpc) is 3.24. The SMILES string of the molecule is Cc1ccc2c(C)cc(NCc3ccc(C(=O)N4CCCC4)cc3)nc2c1C. The van der Waals surface area contributed by atoms with Gasteiger partial charge in [-0.3, -0.25) is 4.79 Å². The number of carbonyl (C=O) groups is 1. The standard InChI is InChI=1S/C24H27N3O/c1-16-6-11-21-17(2)14-22(26-23(21)18(16)3)25-15-19-7-9-20(10-8-19)24(28)27-12-4-5-13-27/h6-11,14H,4-5,12-13,15H2,1-3H3,(H,25,26). The van der Waals surface area contributed by atoms with Gasteiger partial charge in [0.2, 0.25) is 0 Å². The molecule has 0 saturated carbocycles. The number of pyridine rings is 1. The second-order valence-electron chi connectivity index (χ2n) is 7.78. The van der Waals surface area contributed by atoms with E-state index in [4.69, 9.17) is 4.98 Å². The lowest BCUT2D eigenvalue weighted by Crippen LogP contribution is -2.27. The van der Waals surface area contributed by atoms with Gasteiger partial charge in [0.25, 0.3) is 5.91 Å². The first kappa shape index (κ1) is 18.5. The molecule has 1 amide bonds. The van der Waals surface area contributed by atoms with E-state index in [1.807, 2.05) is 29.2 Å². The predicted octanol–water partition coefficient (Wildman–Crippen LogP) is 5.01. The third-order valence-electron chi connectivity index (χ3n) is 5.78. The molecule has 0 atom stereocenters. The predicted molar refractivity (Wildman–Crippen MR) is 115 cm³/mol. The molecule has 1 aromatic heterocycles. The number of hydrogen-bond donors (Lipinski definition) is 1. The molecule has 0 aliphatic carbocycles.